The highest BCUT2D eigenvalue weighted by molar-refractivity contribution is 5.16. The number of aryl methyl sites for hydroxylation is 1. The number of hydrogen-bond acceptors (Lipinski definition) is 3. The summed E-state index contributed by atoms with van der Waals surface area (Å²) in [6.07, 6.45) is 7.55. The van der Waals surface area contributed by atoms with E-state index in [1.807, 2.05) is 17.1 Å². The number of aromatic nitrogens is 2. The van der Waals surface area contributed by atoms with Gasteiger partial charge in [0.1, 0.15) is 6.10 Å². The molecule has 0 aromatic carbocycles. The zero-order valence-electron chi connectivity index (χ0n) is 12.6. The first-order valence-electron chi connectivity index (χ1n) is 7.56. The Kier molecular flexibility index (Phi) is 4.50. The number of ether oxygens (including phenoxy) is 1. The standard InChI is InChI=1S/C15H27N3O/c1-5-8-16-13-9-14(15(13,4)6-2)19-12-10-17-18(7-3)11-12/h10-11,13-14,16H,5-9H2,1-4H3. The lowest BCUT2D eigenvalue weighted by Gasteiger charge is -2.53. The second kappa shape index (κ2) is 5.95. The number of hydrogen-bond donors (Lipinski definition) is 1. The van der Waals surface area contributed by atoms with Gasteiger partial charge in [-0.1, -0.05) is 20.8 Å². The molecule has 1 aliphatic rings. The minimum Gasteiger partial charge on any atom is -0.486 e. The highest BCUT2D eigenvalue weighted by Gasteiger charge is 2.51. The van der Waals surface area contributed by atoms with Crippen molar-refractivity contribution in [2.24, 2.45) is 5.41 Å². The Hall–Kier alpha value is -1.03. The molecular weight excluding hydrogens is 238 g/mol. The molecule has 0 saturated heterocycles. The van der Waals surface area contributed by atoms with E-state index < -0.39 is 0 Å². The molecule has 0 aliphatic heterocycles. The highest BCUT2D eigenvalue weighted by Crippen LogP contribution is 2.46. The van der Waals surface area contributed by atoms with E-state index in [1.165, 1.54) is 6.42 Å². The van der Waals surface area contributed by atoms with E-state index in [2.05, 4.69) is 38.1 Å². The molecular formula is C15H27N3O. The smallest absolute Gasteiger partial charge is 0.157 e. The maximum Gasteiger partial charge on any atom is 0.157 e. The van der Waals surface area contributed by atoms with Gasteiger partial charge in [-0.15, -0.1) is 0 Å². The molecule has 0 radical (unpaired) electrons. The fraction of sp³-hybridized carbons (Fsp3) is 0.800. The van der Waals surface area contributed by atoms with Gasteiger partial charge in [-0.3, -0.25) is 4.68 Å². The van der Waals surface area contributed by atoms with Gasteiger partial charge in [0.25, 0.3) is 0 Å². The Bertz CT molecular complexity index is 404. The average molecular weight is 265 g/mol. The van der Waals surface area contributed by atoms with Crippen LogP contribution in [0.1, 0.15) is 47.0 Å². The predicted octanol–water partition coefficient (Wildman–Crippen LogP) is 2.84. The van der Waals surface area contributed by atoms with Crippen molar-refractivity contribution in [1.29, 1.82) is 0 Å². The van der Waals surface area contributed by atoms with Crippen LogP contribution in [0.4, 0.5) is 0 Å². The van der Waals surface area contributed by atoms with Gasteiger partial charge in [0.2, 0.25) is 0 Å². The normalized spacial score (nSPS) is 30.1. The van der Waals surface area contributed by atoms with Crippen LogP contribution in [0, 0.1) is 5.41 Å². The van der Waals surface area contributed by atoms with Crippen LogP contribution in [0.2, 0.25) is 0 Å². The highest BCUT2D eigenvalue weighted by atomic mass is 16.5. The molecule has 2 rings (SSSR count). The van der Waals surface area contributed by atoms with Crippen molar-refractivity contribution >= 4 is 0 Å². The van der Waals surface area contributed by atoms with E-state index in [4.69, 9.17) is 4.74 Å². The number of nitrogens with one attached hydrogen (secondary N) is 1. The van der Waals surface area contributed by atoms with Crippen molar-refractivity contribution < 1.29 is 4.74 Å². The van der Waals surface area contributed by atoms with Gasteiger partial charge in [0, 0.05) is 24.4 Å². The van der Waals surface area contributed by atoms with Crippen LogP contribution < -0.4 is 10.1 Å². The van der Waals surface area contributed by atoms with Crippen LogP contribution in [-0.4, -0.2) is 28.5 Å². The number of rotatable bonds is 7. The van der Waals surface area contributed by atoms with Crippen LogP contribution in [0.5, 0.6) is 5.75 Å². The van der Waals surface area contributed by atoms with Gasteiger partial charge in [0.05, 0.1) is 12.4 Å². The molecule has 0 bridgehead atoms. The third kappa shape index (κ3) is 2.78. The van der Waals surface area contributed by atoms with Crippen molar-refractivity contribution in [3.05, 3.63) is 12.4 Å². The van der Waals surface area contributed by atoms with Gasteiger partial charge in [-0.2, -0.15) is 5.10 Å². The zero-order valence-corrected chi connectivity index (χ0v) is 12.6. The third-order valence-corrected chi connectivity index (χ3v) is 4.60. The average Bonchev–Trinajstić information content (AvgIpc) is 2.88. The lowest BCUT2D eigenvalue weighted by Crippen LogP contribution is -2.63. The minimum atomic E-state index is 0.240. The van der Waals surface area contributed by atoms with E-state index in [-0.39, 0.29) is 5.41 Å². The summed E-state index contributed by atoms with van der Waals surface area (Å²) >= 11 is 0. The maximum absolute atomic E-state index is 6.13. The molecule has 1 aliphatic carbocycles. The summed E-state index contributed by atoms with van der Waals surface area (Å²) in [4.78, 5) is 0. The van der Waals surface area contributed by atoms with Gasteiger partial charge >= 0.3 is 0 Å². The molecule has 3 atom stereocenters. The molecule has 19 heavy (non-hydrogen) atoms. The van der Waals surface area contributed by atoms with Gasteiger partial charge in [0.15, 0.2) is 5.75 Å². The van der Waals surface area contributed by atoms with Crippen LogP contribution in [0.3, 0.4) is 0 Å². The quantitative estimate of drug-likeness (QED) is 0.824. The predicted molar refractivity (Wildman–Crippen MR) is 77.4 cm³/mol. The van der Waals surface area contributed by atoms with Crippen LogP contribution in [0.25, 0.3) is 0 Å². The summed E-state index contributed by atoms with van der Waals surface area (Å²) in [5.74, 6) is 0.903. The summed E-state index contributed by atoms with van der Waals surface area (Å²) in [6, 6.07) is 0.587. The Balaban J connectivity index is 1.94. The molecule has 4 heteroatoms. The van der Waals surface area contributed by atoms with Gasteiger partial charge in [-0.25, -0.2) is 0 Å². The summed E-state index contributed by atoms with van der Waals surface area (Å²) in [6.45, 7) is 10.9. The molecule has 1 fully saturated rings. The summed E-state index contributed by atoms with van der Waals surface area (Å²) < 4.78 is 8.03. The molecule has 0 spiro atoms. The van der Waals surface area contributed by atoms with E-state index in [0.717, 1.165) is 31.7 Å². The Labute approximate surface area is 116 Å². The molecule has 1 heterocycles. The molecule has 1 saturated carbocycles. The molecule has 1 N–H and O–H groups in total. The van der Waals surface area contributed by atoms with Gasteiger partial charge in [-0.05, 0) is 26.3 Å². The topological polar surface area (TPSA) is 39.1 Å². The molecule has 1 aromatic heterocycles. The SMILES string of the molecule is CCCNC1CC(Oc2cnn(CC)c2)C1(C)CC. The first kappa shape index (κ1) is 14.4. The van der Waals surface area contributed by atoms with Crippen LogP contribution >= 0.6 is 0 Å². The maximum atomic E-state index is 6.13. The number of nitrogens with zero attached hydrogens (tertiary/aromatic N) is 2. The lowest BCUT2D eigenvalue weighted by molar-refractivity contribution is -0.0701. The summed E-state index contributed by atoms with van der Waals surface area (Å²) in [7, 11) is 0. The fourth-order valence-electron chi connectivity index (χ4n) is 2.85. The minimum absolute atomic E-state index is 0.240. The van der Waals surface area contributed by atoms with Crippen molar-refractivity contribution in [2.45, 2.75) is 65.6 Å². The van der Waals surface area contributed by atoms with Crippen molar-refractivity contribution in [2.75, 3.05) is 6.54 Å². The summed E-state index contributed by atoms with van der Waals surface area (Å²) in [5.41, 5.74) is 0.240. The molecule has 108 valence electrons. The van der Waals surface area contributed by atoms with Crippen LogP contribution in [0.15, 0.2) is 12.4 Å². The van der Waals surface area contributed by atoms with E-state index in [1.54, 1.807) is 0 Å². The van der Waals surface area contributed by atoms with E-state index >= 15 is 0 Å². The Morgan fingerprint density at radius 3 is 2.84 bits per heavy atom. The third-order valence-electron chi connectivity index (χ3n) is 4.60. The van der Waals surface area contributed by atoms with Crippen molar-refractivity contribution in [3.8, 4) is 5.75 Å². The molecule has 4 nitrogen and oxygen atoms in total. The fourth-order valence-corrected chi connectivity index (χ4v) is 2.85. The lowest BCUT2D eigenvalue weighted by atomic mass is 9.61. The van der Waals surface area contributed by atoms with Crippen molar-refractivity contribution in [1.82, 2.24) is 15.1 Å². The summed E-state index contributed by atoms with van der Waals surface area (Å²) in [5, 5.41) is 7.91. The largest absolute Gasteiger partial charge is 0.486 e. The van der Waals surface area contributed by atoms with E-state index in [0.29, 0.717) is 12.1 Å². The zero-order chi connectivity index (χ0) is 13.9. The van der Waals surface area contributed by atoms with Crippen LogP contribution in [-0.2, 0) is 6.54 Å². The second-order valence-electron chi connectivity index (χ2n) is 5.74. The second-order valence-corrected chi connectivity index (χ2v) is 5.74. The first-order chi connectivity index (χ1) is 9.13. The first-order valence-corrected chi connectivity index (χ1v) is 7.56. The van der Waals surface area contributed by atoms with E-state index in [9.17, 15) is 0 Å². The Morgan fingerprint density at radius 1 is 1.47 bits per heavy atom. The monoisotopic (exact) mass is 265 g/mol. The Morgan fingerprint density at radius 2 is 2.26 bits per heavy atom. The van der Waals surface area contributed by atoms with Gasteiger partial charge < -0.3 is 10.1 Å². The molecule has 3 unspecified atom stereocenters. The van der Waals surface area contributed by atoms with Crippen molar-refractivity contribution in [3.63, 3.8) is 0 Å². The molecule has 1 aromatic rings. The molecule has 0 amide bonds.